The predicted octanol–water partition coefficient (Wildman–Crippen LogP) is 1.58. The molecule has 2 rings (SSSR count). The maximum atomic E-state index is 13.2. The van der Waals surface area contributed by atoms with Crippen molar-refractivity contribution in [1.29, 1.82) is 0 Å². The number of carbonyl (C=O) groups excluding carboxylic acids is 1. The SMILES string of the molecule is Cc1ccc(C(O)(C(N)=O)C(F)(F)F)cc1-c1cnc(N)c(C)n1. The van der Waals surface area contributed by atoms with E-state index in [9.17, 15) is 23.1 Å². The van der Waals surface area contributed by atoms with Crippen molar-refractivity contribution in [2.75, 3.05) is 5.73 Å². The number of hydrogen-bond acceptors (Lipinski definition) is 5. The van der Waals surface area contributed by atoms with E-state index in [2.05, 4.69) is 9.97 Å². The van der Waals surface area contributed by atoms with Gasteiger partial charge in [0.2, 0.25) is 0 Å². The molecule has 0 bridgehead atoms. The molecule has 9 heteroatoms. The van der Waals surface area contributed by atoms with Gasteiger partial charge in [-0.3, -0.25) is 4.79 Å². The Morgan fingerprint density at radius 1 is 1.25 bits per heavy atom. The molecule has 128 valence electrons. The Morgan fingerprint density at radius 2 is 1.88 bits per heavy atom. The van der Waals surface area contributed by atoms with Crippen molar-refractivity contribution in [3.8, 4) is 11.3 Å². The third kappa shape index (κ3) is 2.78. The molecule has 6 nitrogen and oxygen atoms in total. The van der Waals surface area contributed by atoms with Crippen molar-refractivity contribution >= 4 is 11.7 Å². The maximum Gasteiger partial charge on any atom is 0.430 e. The smallest absolute Gasteiger partial charge is 0.382 e. The van der Waals surface area contributed by atoms with Crippen LogP contribution in [0.15, 0.2) is 24.4 Å². The van der Waals surface area contributed by atoms with Gasteiger partial charge in [-0.25, -0.2) is 9.97 Å². The first kappa shape index (κ1) is 17.7. The van der Waals surface area contributed by atoms with Gasteiger partial charge in [0.25, 0.3) is 11.5 Å². The Kier molecular flexibility index (Phi) is 4.23. The summed E-state index contributed by atoms with van der Waals surface area (Å²) < 4.78 is 39.6. The summed E-state index contributed by atoms with van der Waals surface area (Å²) in [6.45, 7) is 3.24. The van der Waals surface area contributed by atoms with Gasteiger partial charge in [0.1, 0.15) is 5.82 Å². The van der Waals surface area contributed by atoms with Crippen molar-refractivity contribution in [3.63, 3.8) is 0 Å². The number of nitrogen functional groups attached to an aromatic ring is 1. The average molecular weight is 340 g/mol. The number of primary amides is 1. The van der Waals surface area contributed by atoms with Gasteiger partial charge in [-0.1, -0.05) is 12.1 Å². The van der Waals surface area contributed by atoms with Gasteiger partial charge in [0.05, 0.1) is 17.6 Å². The highest BCUT2D eigenvalue weighted by atomic mass is 19.4. The molecule has 0 radical (unpaired) electrons. The Bertz CT molecular complexity index is 808. The van der Waals surface area contributed by atoms with E-state index in [-0.39, 0.29) is 17.1 Å². The van der Waals surface area contributed by atoms with Crippen LogP contribution in [0.5, 0.6) is 0 Å². The molecule has 0 saturated carbocycles. The Balaban J connectivity index is 2.68. The largest absolute Gasteiger partial charge is 0.430 e. The van der Waals surface area contributed by atoms with Crippen molar-refractivity contribution in [2.24, 2.45) is 5.73 Å². The Hall–Kier alpha value is -2.68. The van der Waals surface area contributed by atoms with Gasteiger partial charge in [0.15, 0.2) is 0 Å². The molecule has 1 aromatic carbocycles. The fraction of sp³-hybridized carbons (Fsp3) is 0.267. The zero-order valence-corrected chi connectivity index (χ0v) is 12.8. The first-order valence-electron chi connectivity index (χ1n) is 6.78. The number of hydrogen-bond donors (Lipinski definition) is 3. The summed E-state index contributed by atoms with van der Waals surface area (Å²) in [6, 6.07) is 3.35. The number of rotatable bonds is 3. The van der Waals surface area contributed by atoms with E-state index in [1.54, 1.807) is 13.8 Å². The molecule has 0 aliphatic rings. The minimum Gasteiger partial charge on any atom is -0.382 e. The van der Waals surface area contributed by atoms with Crippen molar-refractivity contribution < 1.29 is 23.1 Å². The van der Waals surface area contributed by atoms with E-state index < -0.39 is 23.2 Å². The maximum absolute atomic E-state index is 13.2. The van der Waals surface area contributed by atoms with Crippen molar-refractivity contribution in [3.05, 3.63) is 41.2 Å². The summed E-state index contributed by atoms with van der Waals surface area (Å²) in [5, 5.41) is 9.90. The number of carbonyl (C=O) groups is 1. The van der Waals surface area contributed by atoms with Crippen molar-refractivity contribution in [2.45, 2.75) is 25.6 Å². The second-order valence-electron chi connectivity index (χ2n) is 5.33. The topological polar surface area (TPSA) is 115 Å². The number of nitrogens with two attached hydrogens (primary N) is 2. The summed E-state index contributed by atoms with van der Waals surface area (Å²) in [7, 11) is 0. The monoisotopic (exact) mass is 340 g/mol. The van der Waals surface area contributed by atoms with E-state index in [4.69, 9.17) is 11.5 Å². The van der Waals surface area contributed by atoms with Crippen LogP contribution in [0.1, 0.15) is 16.8 Å². The van der Waals surface area contributed by atoms with Gasteiger partial charge >= 0.3 is 6.18 Å². The Morgan fingerprint density at radius 3 is 2.38 bits per heavy atom. The second kappa shape index (κ2) is 5.75. The molecule has 5 N–H and O–H groups in total. The lowest BCUT2D eigenvalue weighted by atomic mass is 9.89. The molecule has 1 atom stereocenters. The Labute approximate surface area is 135 Å². The third-order valence-electron chi connectivity index (χ3n) is 3.68. The predicted molar refractivity (Wildman–Crippen MR) is 80.5 cm³/mol. The zero-order valence-electron chi connectivity index (χ0n) is 12.8. The van der Waals surface area contributed by atoms with Gasteiger partial charge in [-0.2, -0.15) is 13.2 Å². The van der Waals surface area contributed by atoms with Gasteiger partial charge in [0, 0.05) is 11.1 Å². The van der Waals surface area contributed by atoms with E-state index in [0.717, 1.165) is 12.1 Å². The quantitative estimate of drug-likeness (QED) is 0.784. The molecule has 1 unspecified atom stereocenters. The molecule has 0 aliphatic carbocycles. The second-order valence-corrected chi connectivity index (χ2v) is 5.33. The standard InChI is InChI=1S/C15H15F3N4O2/c1-7-3-4-9(14(24,13(20)23)15(16,17)18)5-10(7)11-6-21-12(19)8(2)22-11/h3-6,24H,1-2H3,(H2,19,21)(H2,20,23). The summed E-state index contributed by atoms with van der Waals surface area (Å²) in [5.74, 6) is -1.72. The van der Waals surface area contributed by atoms with E-state index in [1.807, 2.05) is 0 Å². The van der Waals surface area contributed by atoms with Crippen molar-refractivity contribution in [1.82, 2.24) is 9.97 Å². The lowest BCUT2D eigenvalue weighted by Gasteiger charge is -2.28. The summed E-state index contributed by atoms with van der Waals surface area (Å²) in [4.78, 5) is 19.4. The van der Waals surface area contributed by atoms with Crippen LogP contribution >= 0.6 is 0 Å². The number of alkyl halides is 3. The summed E-state index contributed by atoms with van der Waals surface area (Å²) in [6.07, 6.45) is -3.97. The molecule has 1 aromatic heterocycles. The third-order valence-corrected chi connectivity index (χ3v) is 3.68. The summed E-state index contributed by atoms with van der Waals surface area (Å²) in [5.41, 5.74) is 7.39. The average Bonchev–Trinajstić information content (AvgIpc) is 2.48. The molecular weight excluding hydrogens is 325 g/mol. The molecule has 0 spiro atoms. The number of aryl methyl sites for hydroxylation is 2. The molecule has 0 saturated heterocycles. The van der Waals surface area contributed by atoms with Crippen LogP contribution in [0, 0.1) is 13.8 Å². The van der Waals surface area contributed by atoms with E-state index >= 15 is 0 Å². The zero-order chi connectivity index (χ0) is 18.3. The molecule has 0 fully saturated rings. The fourth-order valence-corrected chi connectivity index (χ4v) is 2.19. The van der Waals surface area contributed by atoms with Gasteiger partial charge < -0.3 is 16.6 Å². The summed E-state index contributed by atoms with van der Waals surface area (Å²) >= 11 is 0. The van der Waals surface area contributed by atoms with Crippen LogP contribution in [-0.4, -0.2) is 27.2 Å². The lowest BCUT2D eigenvalue weighted by Crippen LogP contribution is -2.52. The van der Waals surface area contributed by atoms with Crippen LogP contribution in [-0.2, 0) is 10.4 Å². The first-order chi connectivity index (χ1) is 11.0. The van der Waals surface area contributed by atoms with E-state index in [0.29, 0.717) is 11.3 Å². The molecule has 1 amide bonds. The lowest BCUT2D eigenvalue weighted by molar-refractivity contribution is -0.255. The number of halogens is 3. The number of benzene rings is 1. The van der Waals surface area contributed by atoms with Crippen LogP contribution in [0.25, 0.3) is 11.3 Å². The minimum absolute atomic E-state index is 0.191. The van der Waals surface area contributed by atoms with Crippen LogP contribution < -0.4 is 11.5 Å². The highest BCUT2D eigenvalue weighted by molar-refractivity contribution is 5.86. The number of aromatic nitrogens is 2. The minimum atomic E-state index is -5.27. The first-order valence-corrected chi connectivity index (χ1v) is 6.78. The van der Waals surface area contributed by atoms with Gasteiger partial charge in [-0.15, -0.1) is 0 Å². The molecule has 2 aromatic rings. The fourth-order valence-electron chi connectivity index (χ4n) is 2.19. The highest BCUT2D eigenvalue weighted by Gasteiger charge is 2.60. The highest BCUT2D eigenvalue weighted by Crippen LogP contribution is 2.40. The molecular formula is C15H15F3N4O2. The number of aliphatic hydroxyl groups is 1. The molecule has 0 aliphatic heterocycles. The number of nitrogens with zero attached hydrogens (tertiary/aromatic N) is 2. The number of amides is 1. The van der Waals surface area contributed by atoms with E-state index in [1.165, 1.54) is 12.3 Å². The molecule has 1 heterocycles. The van der Waals surface area contributed by atoms with Crippen LogP contribution in [0.2, 0.25) is 0 Å². The van der Waals surface area contributed by atoms with Crippen LogP contribution in [0.4, 0.5) is 19.0 Å². The number of anilines is 1. The van der Waals surface area contributed by atoms with Crippen LogP contribution in [0.3, 0.4) is 0 Å². The van der Waals surface area contributed by atoms with Gasteiger partial charge in [-0.05, 0) is 25.5 Å². The molecule has 24 heavy (non-hydrogen) atoms. The normalized spacial score (nSPS) is 14.2.